The zero-order chi connectivity index (χ0) is 15.3. The van der Waals surface area contributed by atoms with Crippen LogP contribution in [0.4, 0.5) is 0 Å². The monoisotopic (exact) mass is 417 g/mol. The molecule has 0 fully saturated rings. The summed E-state index contributed by atoms with van der Waals surface area (Å²) in [6, 6.07) is 14.3. The molecule has 1 N–H and O–H groups in total. The third-order valence-corrected chi connectivity index (χ3v) is 5.54. The highest BCUT2D eigenvalue weighted by Gasteiger charge is 2.13. The number of sulfonamides is 1. The summed E-state index contributed by atoms with van der Waals surface area (Å²) in [6.45, 7) is 0.369. The summed E-state index contributed by atoms with van der Waals surface area (Å²) in [5.41, 5.74) is 1.13. The first kappa shape index (κ1) is 16.3. The molecule has 112 valence electrons. The van der Waals surface area contributed by atoms with Gasteiger partial charge in [0.05, 0.1) is 12.0 Å². The second-order valence-electron chi connectivity index (χ2n) is 4.41. The number of ether oxygens (including phenoxy) is 1. The van der Waals surface area contributed by atoms with Crippen molar-refractivity contribution in [3.8, 4) is 5.75 Å². The lowest BCUT2D eigenvalue weighted by molar-refractivity contribution is 0.414. The number of halogens is 1. The van der Waals surface area contributed by atoms with Gasteiger partial charge >= 0.3 is 0 Å². The van der Waals surface area contributed by atoms with Gasteiger partial charge in [0, 0.05) is 10.1 Å². The normalized spacial score (nSPS) is 11.3. The third-order valence-electron chi connectivity index (χ3n) is 3.01. The lowest BCUT2D eigenvalue weighted by Gasteiger charge is -2.08. The minimum absolute atomic E-state index is 0.242. The van der Waals surface area contributed by atoms with Gasteiger partial charge in [-0.05, 0) is 64.9 Å². The highest BCUT2D eigenvalue weighted by molar-refractivity contribution is 14.1. The van der Waals surface area contributed by atoms with Crippen LogP contribution in [0.2, 0.25) is 0 Å². The van der Waals surface area contributed by atoms with Crippen LogP contribution < -0.4 is 9.46 Å². The van der Waals surface area contributed by atoms with Crippen molar-refractivity contribution >= 4 is 32.6 Å². The maximum atomic E-state index is 12.2. The molecule has 0 bridgehead atoms. The van der Waals surface area contributed by atoms with Gasteiger partial charge in [0.25, 0.3) is 0 Å². The second kappa shape index (κ2) is 7.24. The van der Waals surface area contributed by atoms with Crippen molar-refractivity contribution in [2.24, 2.45) is 0 Å². The Hall–Kier alpha value is -1.12. The van der Waals surface area contributed by atoms with Crippen molar-refractivity contribution < 1.29 is 13.2 Å². The fourth-order valence-electron chi connectivity index (χ4n) is 1.86. The molecule has 0 saturated heterocycles. The standard InChI is InChI=1S/C15H16INO3S/c1-20-13-6-8-14(9-7-13)21(18,19)17-11-10-12-4-2-3-5-15(12)16/h2-9,17H,10-11H2,1H3. The first-order valence-electron chi connectivity index (χ1n) is 6.40. The number of hydrogen-bond donors (Lipinski definition) is 1. The molecule has 6 heteroatoms. The smallest absolute Gasteiger partial charge is 0.240 e. The minimum atomic E-state index is -3.48. The average molecular weight is 417 g/mol. The van der Waals surface area contributed by atoms with Crippen molar-refractivity contribution in [3.05, 3.63) is 57.7 Å². The Morgan fingerprint density at radius 3 is 2.38 bits per heavy atom. The molecule has 2 aromatic carbocycles. The highest BCUT2D eigenvalue weighted by atomic mass is 127. The molecule has 0 amide bonds. The Labute approximate surface area is 138 Å². The quantitative estimate of drug-likeness (QED) is 0.736. The molecule has 0 aliphatic carbocycles. The van der Waals surface area contributed by atoms with Gasteiger partial charge in [0.1, 0.15) is 5.75 Å². The zero-order valence-electron chi connectivity index (χ0n) is 11.5. The van der Waals surface area contributed by atoms with E-state index in [0.29, 0.717) is 18.7 Å². The molecule has 0 aromatic heterocycles. The van der Waals surface area contributed by atoms with Crippen LogP contribution in [0.5, 0.6) is 5.75 Å². The van der Waals surface area contributed by atoms with Crippen LogP contribution in [-0.2, 0) is 16.4 Å². The van der Waals surface area contributed by atoms with Crippen LogP contribution in [0.3, 0.4) is 0 Å². The van der Waals surface area contributed by atoms with Crippen LogP contribution in [0, 0.1) is 3.57 Å². The zero-order valence-corrected chi connectivity index (χ0v) is 14.5. The van der Waals surface area contributed by atoms with E-state index in [1.165, 1.54) is 12.1 Å². The van der Waals surface area contributed by atoms with Gasteiger partial charge in [0.2, 0.25) is 10.0 Å². The Morgan fingerprint density at radius 1 is 1.10 bits per heavy atom. The molecule has 0 saturated carbocycles. The molecule has 2 aromatic rings. The Balaban J connectivity index is 1.99. The lowest BCUT2D eigenvalue weighted by atomic mass is 10.2. The van der Waals surface area contributed by atoms with E-state index in [0.717, 1.165) is 9.13 Å². The molecule has 0 unspecified atom stereocenters. The molecular weight excluding hydrogens is 401 g/mol. The van der Waals surface area contributed by atoms with Gasteiger partial charge in [-0.2, -0.15) is 0 Å². The molecule has 0 heterocycles. The van der Waals surface area contributed by atoms with Crippen LogP contribution in [-0.4, -0.2) is 22.1 Å². The van der Waals surface area contributed by atoms with E-state index in [9.17, 15) is 8.42 Å². The minimum Gasteiger partial charge on any atom is -0.497 e. The maximum absolute atomic E-state index is 12.2. The summed E-state index contributed by atoms with van der Waals surface area (Å²) in [4.78, 5) is 0.242. The van der Waals surface area contributed by atoms with Crippen molar-refractivity contribution in [3.63, 3.8) is 0 Å². The van der Waals surface area contributed by atoms with E-state index in [-0.39, 0.29) is 4.90 Å². The summed E-state index contributed by atoms with van der Waals surface area (Å²) in [6.07, 6.45) is 0.661. The van der Waals surface area contributed by atoms with Gasteiger partial charge in [0.15, 0.2) is 0 Å². The average Bonchev–Trinajstić information content (AvgIpc) is 2.49. The fraction of sp³-hybridized carbons (Fsp3) is 0.200. The van der Waals surface area contributed by atoms with E-state index in [1.54, 1.807) is 19.2 Å². The van der Waals surface area contributed by atoms with Crippen LogP contribution in [0.1, 0.15) is 5.56 Å². The van der Waals surface area contributed by atoms with Crippen LogP contribution in [0.15, 0.2) is 53.4 Å². The largest absolute Gasteiger partial charge is 0.497 e. The van der Waals surface area contributed by atoms with E-state index in [2.05, 4.69) is 27.3 Å². The number of rotatable bonds is 6. The van der Waals surface area contributed by atoms with Crippen molar-refractivity contribution in [2.75, 3.05) is 13.7 Å². The Morgan fingerprint density at radius 2 is 1.76 bits per heavy atom. The van der Waals surface area contributed by atoms with Gasteiger partial charge in [-0.25, -0.2) is 13.1 Å². The second-order valence-corrected chi connectivity index (χ2v) is 7.34. The Kier molecular flexibility index (Phi) is 5.60. The number of methoxy groups -OCH3 is 1. The van der Waals surface area contributed by atoms with E-state index < -0.39 is 10.0 Å². The van der Waals surface area contributed by atoms with Crippen molar-refractivity contribution in [2.45, 2.75) is 11.3 Å². The summed E-state index contributed by atoms with van der Waals surface area (Å²) < 4.78 is 33.1. The third kappa shape index (κ3) is 4.42. The summed E-state index contributed by atoms with van der Waals surface area (Å²) in [5, 5.41) is 0. The maximum Gasteiger partial charge on any atom is 0.240 e. The van der Waals surface area contributed by atoms with E-state index in [4.69, 9.17) is 4.74 Å². The molecule has 0 aliphatic rings. The topological polar surface area (TPSA) is 55.4 Å². The SMILES string of the molecule is COc1ccc(S(=O)(=O)NCCc2ccccc2I)cc1. The molecular formula is C15H16INO3S. The summed E-state index contributed by atoms with van der Waals surface area (Å²) in [7, 11) is -1.93. The predicted molar refractivity (Wildman–Crippen MR) is 91.0 cm³/mol. The molecule has 0 radical (unpaired) electrons. The first-order valence-corrected chi connectivity index (χ1v) is 8.96. The highest BCUT2D eigenvalue weighted by Crippen LogP contribution is 2.16. The predicted octanol–water partition coefficient (Wildman–Crippen LogP) is 2.82. The molecule has 0 spiro atoms. The van der Waals surface area contributed by atoms with Gasteiger partial charge in [-0.1, -0.05) is 18.2 Å². The molecule has 0 aliphatic heterocycles. The fourth-order valence-corrected chi connectivity index (χ4v) is 3.55. The van der Waals surface area contributed by atoms with Gasteiger partial charge in [-0.3, -0.25) is 0 Å². The molecule has 4 nitrogen and oxygen atoms in total. The number of benzene rings is 2. The summed E-state index contributed by atoms with van der Waals surface area (Å²) >= 11 is 2.25. The molecule has 21 heavy (non-hydrogen) atoms. The molecule has 2 rings (SSSR count). The van der Waals surface area contributed by atoms with Crippen LogP contribution >= 0.6 is 22.6 Å². The lowest BCUT2D eigenvalue weighted by Crippen LogP contribution is -2.26. The van der Waals surface area contributed by atoms with Gasteiger partial charge in [-0.15, -0.1) is 0 Å². The van der Waals surface area contributed by atoms with E-state index in [1.807, 2.05) is 24.3 Å². The molecule has 0 atom stereocenters. The summed E-state index contributed by atoms with van der Waals surface area (Å²) in [5.74, 6) is 0.632. The Bertz CT molecular complexity index is 699. The first-order chi connectivity index (χ1) is 10.0. The number of nitrogens with one attached hydrogen (secondary N) is 1. The van der Waals surface area contributed by atoms with Crippen LogP contribution in [0.25, 0.3) is 0 Å². The van der Waals surface area contributed by atoms with Crippen molar-refractivity contribution in [1.82, 2.24) is 4.72 Å². The number of hydrogen-bond acceptors (Lipinski definition) is 3. The van der Waals surface area contributed by atoms with E-state index >= 15 is 0 Å². The van der Waals surface area contributed by atoms with Gasteiger partial charge < -0.3 is 4.74 Å². The van der Waals surface area contributed by atoms with Crippen molar-refractivity contribution in [1.29, 1.82) is 0 Å².